The van der Waals surface area contributed by atoms with Gasteiger partial charge in [-0.2, -0.15) is 0 Å². The number of hydrogen-bond donors (Lipinski definition) is 0. The SMILES string of the molecule is CCOCCCN1C(=O)C2CCCN2C(=O)C1C. The average Bonchev–Trinajstić information content (AvgIpc) is 2.85. The summed E-state index contributed by atoms with van der Waals surface area (Å²) in [7, 11) is 0. The van der Waals surface area contributed by atoms with Gasteiger partial charge in [-0.1, -0.05) is 0 Å². The third-order valence-corrected chi connectivity index (χ3v) is 3.82. The number of nitrogens with zero attached hydrogens (tertiary/aromatic N) is 2. The Labute approximate surface area is 108 Å². The first-order valence-corrected chi connectivity index (χ1v) is 6.85. The largest absolute Gasteiger partial charge is 0.382 e. The van der Waals surface area contributed by atoms with E-state index in [1.54, 1.807) is 9.80 Å². The van der Waals surface area contributed by atoms with Crippen LogP contribution in [0.4, 0.5) is 0 Å². The molecule has 2 rings (SSSR count). The van der Waals surface area contributed by atoms with Crippen molar-refractivity contribution in [3.8, 4) is 0 Å². The lowest BCUT2D eigenvalue weighted by atomic mass is 10.1. The summed E-state index contributed by atoms with van der Waals surface area (Å²) in [5, 5.41) is 0. The van der Waals surface area contributed by atoms with Crippen LogP contribution >= 0.6 is 0 Å². The van der Waals surface area contributed by atoms with Gasteiger partial charge < -0.3 is 14.5 Å². The maximum atomic E-state index is 12.3. The number of piperazine rings is 1. The summed E-state index contributed by atoms with van der Waals surface area (Å²) in [4.78, 5) is 28.0. The van der Waals surface area contributed by atoms with Gasteiger partial charge >= 0.3 is 0 Å². The van der Waals surface area contributed by atoms with Crippen molar-refractivity contribution >= 4 is 11.8 Å². The number of hydrogen-bond acceptors (Lipinski definition) is 3. The summed E-state index contributed by atoms with van der Waals surface area (Å²) in [5.41, 5.74) is 0. The number of rotatable bonds is 5. The van der Waals surface area contributed by atoms with Crippen molar-refractivity contribution in [2.24, 2.45) is 0 Å². The summed E-state index contributed by atoms with van der Waals surface area (Å²) in [6.45, 7) is 6.49. The van der Waals surface area contributed by atoms with Crippen LogP contribution in [0.25, 0.3) is 0 Å². The molecule has 2 aliphatic heterocycles. The van der Waals surface area contributed by atoms with Gasteiger partial charge in [0.2, 0.25) is 11.8 Å². The Morgan fingerprint density at radius 1 is 1.33 bits per heavy atom. The average molecular weight is 254 g/mol. The van der Waals surface area contributed by atoms with Crippen molar-refractivity contribution in [2.45, 2.75) is 45.2 Å². The molecule has 2 amide bonds. The Hall–Kier alpha value is -1.10. The molecule has 0 radical (unpaired) electrons. The minimum absolute atomic E-state index is 0.105. The third-order valence-electron chi connectivity index (χ3n) is 3.82. The highest BCUT2D eigenvalue weighted by atomic mass is 16.5. The van der Waals surface area contributed by atoms with Gasteiger partial charge in [-0.15, -0.1) is 0 Å². The van der Waals surface area contributed by atoms with E-state index in [0.717, 1.165) is 25.8 Å². The fourth-order valence-electron chi connectivity index (χ4n) is 2.83. The number of carbonyl (C=O) groups excluding carboxylic acids is 2. The summed E-state index contributed by atoms with van der Waals surface area (Å²) in [6, 6.07) is -0.505. The van der Waals surface area contributed by atoms with Crippen LogP contribution in [0.2, 0.25) is 0 Å². The first-order valence-electron chi connectivity index (χ1n) is 6.85. The van der Waals surface area contributed by atoms with Gasteiger partial charge in [0.05, 0.1) is 0 Å². The zero-order valence-corrected chi connectivity index (χ0v) is 11.2. The predicted molar refractivity (Wildman–Crippen MR) is 67.0 cm³/mol. The molecule has 0 aliphatic carbocycles. The fourth-order valence-corrected chi connectivity index (χ4v) is 2.83. The third kappa shape index (κ3) is 2.36. The molecule has 2 atom stereocenters. The number of ether oxygens (including phenoxy) is 1. The Morgan fingerprint density at radius 3 is 2.83 bits per heavy atom. The Kier molecular flexibility index (Phi) is 4.22. The molecule has 0 N–H and O–H groups in total. The fraction of sp³-hybridized carbons (Fsp3) is 0.846. The van der Waals surface area contributed by atoms with Crippen LogP contribution < -0.4 is 0 Å². The monoisotopic (exact) mass is 254 g/mol. The molecule has 102 valence electrons. The van der Waals surface area contributed by atoms with Crippen LogP contribution in [0.5, 0.6) is 0 Å². The predicted octanol–water partition coefficient (Wildman–Crippen LogP) is 0.635. The van der Waals surface area contributed by atoms with Crippen molar-refractivity contribution in [1.82, 2.24) is 9.80 Å². The molecule has 0 bridgehead atoms. The normalized spacial score (nSPS) is 27.9. The van der Waals surface area contributed by atoms with Crippen molar-refractivity contribution < 1.29 is 14.3 Å². The molecule has 0 spiro atoms. The van der Waals surface area contributed by atoms with E-state index in [-0.39, 0.29) is 23.9 Å². The zero-order chi connectivity index (χ0) is 13.1. The van der Waals surface area contributed by atoms with E-state index in [9.17, 15) is 9.59 Å². The summed E-state index contributed by atoms with van der Waals surface area (Å²) < 4.78 is 5.28. The van der Waals surface area contributed by atoms with Gasteiger partial charge in [-0.25, -0.2) is 0 Å². The smallest absolute Gasteiger partial charge is 0.246 e. The highest BCUT2D eigenvalue weighted by Crippen LogP contribution is 2.26. The first-order chi connectivity index (χ1) is 8.66. The van der Waals surface area contributed by atoms with E-state index in [1.807, 2.05) is 13.8 Å². The number of carbonyl (C=O) groups is 2. The maximum Gasteiger partial charge on any atom is 0.246 e. The van der Waals surface area contributed by atoms with Gasteiger partial charge in [0.1, 0.15) is 12.1 Å². The Bertz CT molecular complexity index is 332. The summed E-state index contributed by atoms with van der Waals surface area (Å²) >= 11 is 0. The highest BCUT2D eigenvalue weighted by molar-refractivity contribution is 5.97. The van der Waals surface area contributed by atoms with Crippen molar-refractivity contribution in [3.63, 3.8) is 0 Å². The van der Waals surface area contributed by atoms with E-state index >= 15 is 0 Å². The standard InChI is InChI=1S/C13H22N2O3/c1-3-18-9-5-8-14-10(2)12(16)15-7-4-6-11(15)13(14)17/h10-11H,3-9H2,1-2H3. The molecule has 5 nitrogen and oxygen atoms in total. The lowest BCUT2D eigenvalue weighted by molar-refractivity contribution is -0.158. The lowest BCUT2D eigenvalue weighted by Crippen LogP contribution is -2.61. The molecular formula is C13H22N2O3. The van der Waals surface area contributed by atoms with Crippen LogP contribution in [0.1, 0.15) is 33.1 Å². The van der Waals surface area contributed by atoms with Gasteiger partial charge in [0.25, 0.3) is 0 Å². The molecule has 2 aliphatic rings. The van der Waals surface area contributed by atoms with Gasteiger partial charge in [-0.3, -0.25) is 9.59 Å². The second kappa shape index (κ2) is 5.69. The first kappa shape index (κ1) is 13.3. The Morgan fingerprint density at radius 2 is 2.11 bits per heavy atom. The minimum atomic E-state index is -0.312. The van der Waals surface area contributed by atoms with Crippen LogP contribution in [-0.4, -0.2) is 60.0 Å². The van der Waals surface area contributed by atoms with Crippen molar-refractivity contribution in [1.29, 1.82) is 0 Å². The van der Waals surface area contributed by atoms with Gasteiger partial charge in [0, 0.05) is 26.3 Å². The molecular weight excluding hydrogens is 232 g/mol. The number of amides is 2. The Balaban J connectivity index is 1.96. The van der Waals surface area contributed by atoms with Gasteiger partial charge in [-0.05, 0) is 33.1 Å². The van der Waals surface area contributed by atoms with E-state index in [2.05, 4.69) is 0 Å². The molecule has 2 heterocycles. The van der Waals surface area contributed by atoms with Crippen molar-refractivity contribution in [3.05, 3.63) is 0 Å². The topological polar surface area (TPSA) is 49.9 Å². The zero-order valence-electron chi connectivity index (χ0n) is 11.2. The van der Waals surface area contributed by atoms with Crippen LogP contribution in [0, 0.1) is 0 Å². The van der Waals surface area contributed by atoms with Gasteiger partial charge in [0.15, 0.2) is 0 Å². The molecule has 2 fully saturated rings. The van der Waals surface area contributed by atoms with E-state index in [4.69, 9.17) is 4.74 Å². The van der Waals surface area contributed by atoms with Crippen LogP contribution in [-0.2, 0) is 14.3 Å². The molecule has 5 heteroatoms. The molecule has 18 heavy (non-hydrogen) atoms. The quantitative estimate of drug-likeness (QED) is 0.676. The van der Waals surface area contributed by atoms with E-state index < -0.39 is 0 Å². The summed E-state index contributed by atoms with van der Waals surface area (Å²) in [6.07, 6.45) is 2.56. The van der Waals surface area contributed by atoms with Crippen molar-refractivity contribution in [2.75, 3.05) is 26.3 Å². The maximum absolute atomic E-state index is 12.3. The second-order valence-corrected chi connectivity index (χ2v) is 4.95. The summed E-state index contributed by atoms with van der Waals surface area (Å²) in [5.74, 6) is 0.226. The highest BCUT2D eigenvalue weighted by Gasteiger charge is 2.45. The van der Waals surface area contributed by atoms with E-state index in [1.165, 1.54) is 0 Å². The molecule has 0 aromatic heterocycles. The van der Waals surface area contributed by atoms with E-state index in [0.29, 0.717) is 19.8 Å². The molecule has 0 saturated carbocycles. The van der Waals surface area contributed by atoms with Crippen LogP contribution in [0.15, 0.2) is 0 Å². The molecule has 0 aromatic rings. The lowest BCUT2D eigenvalue weighted by Gasteiger charge is -2.40. The van der Waals surface area contributed by atoms with Crippen LogP contribution in [0.3, 0.4) is 0 Å². The number of fused-ring (bicyclic) bond motifs is 1. The molecule has 2 unspecified atom stereocenters. The molecule has 2 saturated heterocycles. The second-order valence-electron chi connectivity index (χ2n) is 4.95. The molecule has 0 aromatic carbocycles. The minimum Gasteiger partial charge on any atom is -0.382 e.